The van der Waals surface area contributed by atoms with Gasteiger partial charge in [-0.15, -0.1) is 5.10 Å². The largest absolute Gasteiger partial charge is 0.381 e. The molecule has 1 saturated heterocycles. The Morgan fingerprint density at radius 3 is 2.70 bits per heavy atom. The third kappa shape index (κ3) is 3.04. The van der Waals surface area contributed by atoms with Crippen LogP contribution >= 0.6 is 0 Å². The van der Waals surface area contributed by atoms with Crippen molar-refractivity contribution in [1.29, 1.82) is 0 Å². The van der Waals surface area contributed by atoms with E-state index in [0.29, 0.717) is 5.92 Å². The maximum Gasteiger partial charge on any atom is 0.0999 e. The third-order valence-corrected chi connectivity index (χ3v) is 4.77. The van der Waals surface area contributed by atoms with Gasteiger partial charge in [0.2, 0.25) is 0 Å². The molecule has 1 N–H and O–H groups in total. The molecule has 3 rings (SSSR count). The van der Waals surface area contributed by atoms with E-state index in [1.807, 2.05) is 7.05 Å². The van der Waals surface area contributed by atoms with Crippen LogP contribution < -0.4 is 5.32 Å². The van der Waals surface area contributed by atoms with Gasteiger partial charge in [0.25, 0.3) is 0 Å². The first-order valence-corrected chi connectivity index (χ1v) is 8.03. The second-order valence-corrected chi connectivity index (χ2v) is 6.15. The summed E-state index contributed by atoms with van der Waals surface area (Å²) in [6.07, 6.45) is 7.70. The molecule has 20 heavy (non-hydrogen) atoms. The van der Waals surface area contributed by atoms with Gasteiger partial charge in [-0.1, -0.05) is 24.5 Å². The van der Waals surface area contributed by atoms with Gasteiger partial charge >= 0.3 is 0 Å². The summed E-state index contributed by atoms with van der Waals surface area (Å²) in [5.74, 6) is 1.50. The molecular weight excluding hydrogens is 252 g/mol. The summed E-state index contributed by atoms with van der Waals surface area (Å²) in [5, 5.41) is 12.1. The van der Waals surface area contributed by atoms with E-state index in [9.17, 15) is 0 Å². The molecule has 0 radical (unpaired) electrons. The van der Waals surface area contributed by atoms with Crippen LogP contribution in [-0.4, -0.2) is 35.3 Å². The average molecular weight is 278 g/mol. The number of hydrogen-bond acceptors (Lipinski definition) is 4. The van der Waals surface area contributed by atoms with Crippen molar-refractivity contribution in [2.45, 2.75) is 57.5 Å². The Morgan fingerprint density at radius 2 is 2.05 bits per heavy atom. The van der Waals surface area contributed by atoms with Gasteiger partial charge < -0.3 is 10.1 Å². The smallest absolute Gasteiger partial charge is 0.0999 e. The van der Waals surface area contributed by atoms with Crippen molar-refractivity contribution < 1.29 is 4.74 Å². The van der Waals surface area contributed by atoms with Crippen molar-refractivity contribution >= 4 is 0 Å². The summed E-state index contributed by atoms with van der Waals surface area (Å²) in [6, 6.07) is 0. The van der Waals surface area contributed by atoms with E-state index in [0.717, 1.165) is 50.8 Å². The van der Waals surface area contributed by atoms with Gasteiger partial charge in [-0.25, -0.2) is 4.68 Å². The number of ether oxygens (including phenoxy) is 1. The normalized spacial score (nSPS) is 21.1. The van der Waals surface area contributed by atoms with E-state index in [2.05, 4.69) is 20.3 Å². The summed E-state index contributed by atoms with van der Waals surface area (Å²) >= 11 is 0. The lowest BCUT2D eigenvalue weighted by Gasteiger charge is -2.27. The molecule has 112 valence electrons. The van der Waals surface area contributed by atoms with Crippen molar-refractivity contribution in [3.63, 3.8) is 0 Å². The van der Waals surface area contributed by atoms with Crippen molar-refractivity contribution in [1.82, 2.24) is 20.3 Å². The van der Waals surface area contributed by atoms with Gasteiger partial charge in [0.15, 0.2) is 0 Å². The van der Waals surface area contributed by atoms with Crippen LogP contribution in [0.4, 0.5) is 0 Å². The van der Waals surface area contributed by atoms with Crippen LogP contribution in [0.5, 0.6) is 0 Å². The number of nitrogens with one attached hydrogen (secondary N) is 1. The SMILES string of the molecule is CNCc1nnn(CCC2CCC2)c1C1CCOCC1. The third-order valence-electron chi connectivity index (χ3n) is 4.77. The van der Waals surface area contributed by atoms with Crippen LogP contribution in [0.1, 0.15) is 55.8 Å². The highest BCUT2D eigenvalue weighted by molar-refractivity contribution is 5.16. The molecule has 1 aliphatic heterocycles. The van der Waals surface area contributed by atoms with E-state index in [1.54, 1.807) is 0 Å². The predicted molar refractivity (Wildman–Crippen MR) is 77.5 cm³/mol. The molecule has 1 saturated carbocycles. The minimum absolute atomic E-state index is 0.573. The van der Waals surface area contributed by atoms with E-state index >= 15 is 0 Å². The summed E-state index contributed by atoms with van der Waals surface area (Å²) < 4.78 is 7.68. The maximum absolute atomic E-state index is 5.50. The van der Waals surface area contributed by atoms with Gasteiger partial charge in [0.1, 0.15) is 0 Å². The number of rotatable bonds is 6. The first-order chi connectivity index (χ1) is 9.88. The second-order valence-electron chi connectivity index (χ2n) is 6.15. The van der Waals surface area contributed by atoms with Crippen LogP contribution in [0.2, 0.25) is 0 Å². The highest BCUT2D eigenvalue weighted by Crippen LogP contribution is 2.32. The molecule has 1 aromatic rings. The van der Waals surface area contributed by atoms with Gasteiger partial charge in [0.05, 0.1) is 11.4 Å². The van der Waals surface area contributed by atoms with E-state index in [1.165, 1.54) is 31.4 Å². The Hall–Kier alpha value is -0.940. The Kier molecular flexibility index (Phi) is 4.68. The van der Waals surface area contributed by atoms with Gasteiger partial charge in [-0.2, -0.15) is 0 Å². The fourth-order valence-corrected chi connectivity index (χ4v) is 3.32. The van der Waals surface area contributed by atoms with Crippen LogP contribution in [0.25, 0.3) is 0 Å². The number of aryl methyl sites for hydroxylation is 1. The number of aromatic nitrogens is 3. The molecule has 2 heterocycles. The number of nitrogens with zero attached hydrogens (tertiary/aromatic N) is 3. The lowest BCUT2D eigenvalue weighted by Crippen LogP contribution is -2.21. The zero-order chi connectivity index (χ0) is 13.8. The summed E-state index contributed by atoms with van der Waals surface area (Å²) in [5.41, 5.74) is 2.50. The quantitative estimate of drug-likeness (QED) is 0.865. The van der Waals surface area contributed by atoms with Crippen molar-refractivity contribution in [3.8, 4) is 0 Å². The van der Waals surface area contributed by atoms with Gasteiger partial charge in [0, 0.05) is 32.2 Å². The number of hydrogen-bond donors (Lipinski definition) is 1. The molecule has 2 fully saturated rings. The van der Waals surface area contributed by atoms with Crippen LogP contribution in [0.15, 0.2) is 0 Å². The molecule has 0 amide bonds. The highest BCUT2D eigenvalue weighted by atomic mass is 16.5. The lowest BCUT2D eigenvalue weighted by molar-refractivity contribution is 0.0831. The first-order valence-electron chi connectivity index (χ1n) is 8.03. The molecule has 0 spiro atoms. The first kappa shape index (κ1) is 14.0. The van der Waals surface area contributed by atoms with Gasteiger partial charge in [-0.05, 0) is 32.2 Å². The molecule has 5 nitrogen and oxygen atoms in total. The molecule has 2 aliphatic rings. The van der Waals surface area contributed by atoms with E-state index < -0.39 is 0 Å². The van der Waals surface area contributed by atoms with Crippen LogP contribution in [0, 0.1) is 5.92 Å². The predicted octanol–water partition coefficient (Wildman–Crippen LogP) is 2.08. The van der Waals surface area contributed by atoms with E-state index in [-0.39, 0.29) is 0 Å². The summed E-state index contributed by atoms with van der Waals surface area (Å²) in [7, 11) is 1.97. The minimum Gasteiger partial charge on any atom is -0.381 e. The second kappa shape index (κ2) is 6.68. The summed E-state index contributed by atoms with van der Waals surface area (Å²) in [4.78, 5) is 0. The summed E-state index contributed by atoms with van der Waals surface area (Å²) in [6.45, 7) is 3.60. The highest BCUT2D eigenvalue weighted by Gasteiger charge is 2.25. The lowest BCUT2D eigenvalue weighted by atomic mass is 9.83. The van der Waals surface area contributed by atoms with Crippen molar-refractivity contribution in [3.05, 3.63) is 11.4 Å². The Balaban J connectivity index is 1.72. The zero-order valence-electron chi connectivity index (χ0n) is 12.5. The van der Waals surface area contributed by atoms with Crippen LogP contribution in [-0.2, 0) is 17.8 Å². The van der Waals surface area contributed by atoms with Crippen molar-refractivity contribution in [2.75, 3.05) is 20.3 Å². The van der Waals surface area contributed by atoms with Gasteiger partial charge in [-0.3, -0.25) is 0 Å². The molecule has 0 bridgehead atoms. The minimum atomic E-state index is 0.573. The van der Waals surface area contributed by atoms with Crippen molar-refractivity contribution in [2.24, 2.45) is 5.92 Å². The Labute approximate surface area is 121 Å². The topological polar surface area (TPSA) is 52.0 Å². The standard InChI is InChI=1S/C15H26N4O/c1-16-11-14-15(13-6-9-20-10-7-13)19(18-17-14)8-5-12-3-2-4-12/h12-13,16H,2-11H2,1H3. The molecule has 5 heteroatoms. The fourth-order valence-electron chi connectivity index (χ4n) is 3.32. The van der Waals surface area contributed by atoms with Crippen LogP contribution in [0.3, 0.4) is 0 Å². The zero-order valence-corrected chi connectivity index (χ0v) is 12.5. The Morgan fingerprint density at radius 1 is 1.25 bits per heavy atom. The molecule has 0 unspecified atom stereocenters. The fraction of sp³-hybridized carbons (Fsp3) is 0.867. The average Bonchev–Trinajstić information content (AvgIpc) is 2.81. The molecular formula is C15H26N4O. The maximum atomic E-state index is 5.50. The molecule has 0 atom stereocenters. The monoisotopic (exact) mass is 278 g/mol. The molecule has 1 aliphatic carbocycles. The Bertz CT molecular complexity index is 422. The molecule has 1 aromatic heterocycles. The molecule has 0 aromatic carbocycles. The van der Waals surface area contributed by atoms with E-state index in [4.69, 9.17) is 4.74 Å².